The molecular formula is C11H13F2NO3. The van der Waals surface area contributed by atoms with Crippen molar-refractivity contribution in [2.45, 2.75) is 19.1 Å². The summed E-state index contributed by atoms with van der Waals surface area (Å²) < 4.78 is 32.4. The van der Waals surface area contributed by atoms with E-state index in [0.717, 1.165) is 0 Å². The van der Waals surface area contributed by atoms with Gasteiger partial charge in [0.25, 0.3) is 0 Å². The molecule has 4 nitrogen and oxygen atoms in total. The minimum Gasteiger partial charge on any atom is -0.469 e. The third kappa shape index (κ3) is 4.36. The first-order chi connectivity index (χ1) is 8.02. The highest BCUT2D eigenvalue weighted by atomic mass is 19.3. The van der Waals surface area contributed by atoms with Crippen LogP contribution >= 0.6 is 0 Å². The van der Waals surface area contributed by atoms with E-state index in [9.17, 15) is 13.6 Å². The molecule has 0 heterocycles. The molecule has 0 bridgehead atoms. The van der Waals surface area contributed by atoms with Gasteiger partial charge in [-0.05, 0) is 17.7 Å². The first-order valence-electron chi connectivity index (χ1n) is 4.90. The smallest absolute Gasteiger partial charge is 0.387 e. The third-order valence-electron chi connectivity index (χ3n) is 2.15. The Labute approximate surface area is 97.3 Å². The predicted octanol–water partition coefficient (Wildman–Crippen LogP) is 1.85. The lowest BCUT2D eigenvalue weighted by Crippen LogP contribution is -2.16. The first-order valence-corrected chi connectivity index (χ1v) is 4.90. The number of benzene rings is 1. The number of hydrogen-bond acceptors (Lipinski definition) is 4. The number of esters is 1. The van der Waals surface area contributed by atoms with E-state index in [0.29, 0.717) is 5.56 Å². The lowest BCUT2D eigenvalue weighted by atomic mass is 10.0. The molecule has 0 fully saturated rings. The van der Waals surface area contributed by atoms with Crippen LogP contribution in [0.25, 0.3) is 0 Å². The molecule has 0 aliphatic carbocycles. The summed E-state index contributed by atoms with van der Waals surface area (Å²) in [6.45, 7) is -2.86. The minimum atomic E-state index is -2.86. The normalized spacial score (nSPS) is 12.3. The zero-order valence-corrected chi connectivity index (χ0v) is 9.23. The SMILES string of the molecule is COC(=O)C[C@@H](N)c1ccc(OC(F)F)cc1. The molecule has 0 unspecified atom stereocenters. The van der Waals surface area contributed by atoms with Crippen molar-refractivity contribution in [3.8, 4) is 5.75 Å². The average molecular weight is 245 g/mol. The molecule has 1 aromatic carbocycles. The summed E-state index contributed by atoms with van der Waals surface area (Å²) in [7, 11) is 1.27. The molecular weight excluding hydrogens is 232 g/mol. The molecule has 2 N–H and O–H groups in total. The monoisotopic (exact) mass is 245 g/mol. The number of carbonyl (C=O) groups excluding carboxylic acids is 1. The number of carbonyl (C=O) groups is 1. The van der Waals surface area contributed by atoms with Gasteiger partial charge in [-0.15, -0.1) is 0 Å². The van der Waals surface area contributed by atoms with Crippen LogP contribution < -0.4 is 10.5 Å². The van der Waals surface area contributed by atoms with Gasteiger partial charge in [-0.1, -0.05) is 12.1 Å². The molecule has 1 atom stereocenters. The summed E-state index contributed by atoms with van der Waals surface area (Å²) in [5.74, 6) is -0.376. The van der Waals surface area contributed by atoms with Crippen molar-refractivity contribution in [3.63, 3.8) is 0 Å². The Hall–Kier alpha value is -1.69. The second-order valence-electron chi connectivity index (χ2n) is 3.33. The molecule has 0 aliphatic rings. The number of alkyl halides is 2. The highest BCUT2D eigenvalue weighted by Crippen LogP contribution is 2.20. The number of rotatable bonds is 5. The topological polar surface area (TPSA) is 61.5 Å². The zero-order chi connectivity index (χ0) is 12.8. The Kier molecular flexibility index (Phi) is 4.84. The summed E-state index contributed by atoms with van der Waals surface area (Å²) in [6, 6.07) is 5.29. The summed E-state index contributed by atoms with van der Waals surface area (Å²) in [6.07, 6.45) is 0.0333. The van der Waals surface area contributed by atoms with Crippen molar-refractivity contribution in [2.75, 3.05) is 7.11 Å². The summed E-state index contributed by atoms with van der Waals surface area (Å²) >= 11 is 0. The second kappa shape index (κ2) is 6.15. The van der Waals surface area contributed by atoms with Crippen molar-refractivity contribution in [1.82, 2.24) is 0 Å². The maximum Gasteiger partial charge on any atom is 0.387 e. The number of halogens is 2. The van der Waals surface area contributed by atoms with Gasteiger partial charge in [0.15, 0.2) is 0 Å². The van der Waals surface area contributed by atoms with Gasteiger partial charge in [-0.2, -0.15) is 8.78 Å². The number of hydrogen-bond donors (Lipinski definition) is 1. The van der Waals surface area contributed by atoms with Crippen molar-refractivity contribution in [2.24, 2.45) is 5.73 Å². The molecule has 94 valence electrons. The van der Waals surface area contributed by atoms with E-state index < -0.39 is 18.6 Å². The molecule has 1 rings (SSSR count). The maximum atomic E-state index is 11.9. The number of ether oxygens (including phenoxy) is 2. The molecule has 0 saturated heterocycles. The van der Waals surface area contributed by atoms with Crippen LogP contribution in [0, 0.1) is 0 Å². The standard InChI is InChI=1S/C11H13F2NO3/c1-16-10(15)6-9(14)7-2-4-8(5-3-7)17-11(12)13/h2-5,9,11H,6,14H2,1H3/t9-/m1/s1. The minimum absolute atomic E-state index is 0.0333. The van der Waals surface area contributed by atoms with Gasteiger partial charge in [0, 0.05) is 6.04 Å². The van der Waals surface area contributed by atoms with Crippen LogP contribution in [-0.2, 0) is 9.53 Å². The van der Waals surface area contributed by atoms with Crippen LogP contribution in [-0.4, -0.2) is 19.7 Å². The fourth-order valence-electron chi connectivity index (χ4n) is 1.28. The Balaban J connectivity index is 2.63. The largest absolute Gasteiger partial charge is 0.469 e. The Morgan fingerprint density at radius 2 is 1.94 bits per heavy atom. The van der Waals surface area contributed by atoms with Gasteiger partial charge in [0.2, 0.25) is 0 Å². The van der Waals surface area contributed by atoms with Crippen LogP contribution in [0.3, 0.4) is 0 Å². The molecule has 1 aromatic rings. The van der Waals surface area contributed by atoms with E-state index in [1.165, 1.54) is 31.4 Å². The molecule has 0 radical (unpaired) electrons. The van der Waals surface area contributed by atoms with Crippen LogP contribution in [0.1, 0.15) is 18.0 Å². The fraction of sp³-hybridized carbons (Fsp3) is 0.364. The van der Waals surface area contributed by atoms with Gasteiger partial charge in [-0.3, -0.25) is 4.79 Å². The van der Waals surface area contributed by atoms with E-state index in [1.54, 1.807) is 0 Å². The van der Waals surface area contributed by atoms with E-state index in [-0.39, 0.29) is 12.2 Å². The van der Waals surface area contributed by atoms with E-state index in [2.05, 4.69) is 9.47 Å². The lowest BCUT2D eigenvalue weighted by molar-refractivity contribution is -0.141. The summed E-state index contributed by atoms with van der Waals surface area (Å²) in [4.78, 5) is 11.0. The highest BCUT2D eigenvalue weighted by molar-refractivity contribution is 5.70. The molecule has 0 saturated carbocycles. The number of nitrogens with two attached hydrogens (primary N) is 1. The van der Waals surface area contributed by atoms with Gasteiger partial charge in [0.05, 0.1) is 13.5 Å². The van der Waals surface area contributed by atoms with Gasteiger partial charge < -0.3 is 15.2 Å². The van der Waals surface area contributed by atoms with Crippen molar-refractivity contribution >= 4 is 5.97 Å². The average Bonchev–Trinajstić information content (AvgIpc) is 2.28. The molecule has 0 aliphatic heterocycles. The van der Waals surface area contributed by atoms with Crippen molar-refractivity contribution < 1.29 is 23.0 Å². The first kappa shape index (κ1) is 13.4. The number of methoxy groups -OCH3 is 1. The lowest BCUT2D eigenvalue weighted by Gasteiger charge is -2.11. The maximum absolute atomic E-state index is 11.9. The Morgan fingerprint density at radius 3 is 2.41 bits per heavy atom. The van der Waals surface area contributed by atoms with Gasteiger partial charge in [0.1, 0.15) is 5.75 Å². The molecule has 0 amide bonds. The molecule has 6 heteroatoms. The fourth-order valence-corrected chi connectivity index (χ4v) is 1.28. The summed E-state index contributed by atoms with van der Waals surface area (Å²) in [5.41, 5.74) is 6.38. The predicted molar refractivity (Wildman–Crippen MR) is 56.6 cm³/mol. The van der Waals surface area contributed by atoms with Gasteiger partial charge >= 0.3 is 12.6 Å². The summed E-state index contributed by atoms with van der Waals surface area (Å²) in [5, 5.41) is 0. The van der Waals surface area contributed by atoms with Crippen LogP contribution in [0.4, 0.5) is 8.78 Å². The Bertz CT molecular complexity index is 367. The quantitative estimate of drug-likeness (QED) is 0.804. The van der Waals surface area contributed by atoms with Crippen molar-refractivity contribution in [3.05, 3.63) is 29.8 Å². The van der Waals surface area contributed by atoms with Crippen LogP contribution in [0.5, 0.6) is 5.75 Å². The van der Waals surface area contributed by atoms with E-state index in [4.69, 9.17) is 5.73 Å². The Morgan fingerprint density at radius 1 is 1.35 bits per heavy atom. The highest BCUT2D eigenvalue weighted by Gasteiger charge is 2.12. The van der Waals surface area contributed by atoms with Crippen LogP contribution in [0.2, 0.25) is 0 Å². The van der Waals surface area contributed by atoms with Gasteiger partial charge in [-0.25, -0.2) is 0 Å². The molecule has 0 spiro atoms. The third-order valence-corrected chi connectivity index (χ3v) is 2.15. The van der Waals surface area contributed by atoms with Crippen LogP contribution in [0.15, 0.2) is 24.3 Å². The molecule has 0 aromatic heterocycles. The van der Waals surface area contributed by atoms with Crippen molar-refractivity contribution in [1.29, 1.82) is 0 Å². The molecule has 17 heavy (non-hydrogen) atoms. The van der Waals surface area contributed by atoms with E-state index in [1.807, 2.05) is 0 Å². The zero-order valence-electron chi connectivity index (χ0n) is 9.23. The second-order valence-corrected chi connectivity index (χ2v) is 3.33. The van der Waals surface area contributed by atoms with E-state index >= 15 is 0 Å².